The summed E-state index contributed by atoms with van der Waals surface area (Å²) in [5, 5.41) is 8.71. The second-order valence-corrected chi connectivity index (χ2v) is 3.55. The van der Waals surface area contributed by atoms with Crippen LogP contribution in [0.4, 0.5) is 0 Å². The molecule has 0 spiro atoms. The van der Waals surface area contributed by atoms with E-state index in [1.807, 2.05) is 25.1 Å². The van der Waals surface area contributed by atoms with E-state index in [0.717, 1.165) is 12.0 Å². The van der Waals surface area contributed by atoms with Crippen LogP contribution in [0.25, 0.3) is 0 Å². The molecule has 76 valence electrons. The number of benzene rings is 1. The highest BCUT2D eigenvalue weighted by atomic mass is 16.4. The lowest BCUT2D eigenvalue weighted by atomic mass is 9.92. The zero-order valence-corrected chi connectivity index (χ0v) is 8.66. The fraction of sp³-hybridized carbons (Fsp3) is 0.417. The molecule has 0 aliphatic rings. The van der Waals surface area contributed by atoms with Crippen LogP contribution in [-0.4, -0.2) is 11.1 Å². The van der Waals surface area contributed by atoms with Gasteiger partial charge in [-0.2, -0.15) is 0 Å². The Hall–Kier alpha value is -1.31. The van der Waals surface area contributed by atoms with Gasteiger partial charge >= 0.3 is 5.97 Å². The predicted octanol–water partition coefficient (Wildman–Crippen LogP) is 2.83. The Labute approximate surface area is 84.6 Å². The van der Waals surface area contributed by atoms with Crippen molar-refractivity contribution in [1.82, 2.24) is 0 Å². The van der Waals surface area contributed by atoms with E-state index in [4.69, 9.17) is 5.11 Å². The molecule has 0 amide bonds. The van der Waals surface area contributed by atoms with Gasteiger partial charge in [-0.15, -0.1) is 0 Å². The van der Waals surface area contributed by atoms with Gasteiger partial charge in [-0.25, -0.2) is 0 Å². The van der Waals surface area contributed by atoms with Crippen molar-refractivity contribution in [3.63, 3.8) is 0 Å². The van der Waals surface area contributed by atoms with E-state index in [2.05, 4.69) is 13.0 Å². The fourth-order valence-corrected chi connectivity index (χ4v) is 1.71. The molecule has 1 aromatic rings. The molecular formula is C12H16O2. The molecule has 14 heavy (non-hydrogen) atoms. The van der Waals surface area contributed by atoms with Gasteiger partial charge in [-0.3, -0.25) is 4.79 Å². The van der Waals surface area contributed by atoms with E-state index in [0.29, 0.717) is 0 Å². The van der Waals surface area contributed by atoms with E-state index in [1.54, 1.807) is 0 Å². The second kappa shape index (κ2) is 4.80. The molecule has 2 heteroatoms. The van der Waals surface area contributed by atoms with Crippen LogP contribution in [0.1, 0.15) is 37.3 Å². The highest BCUT2D eigenvalue weighted by Gasteiger charge is 2.12. The van der Waals surface area contributed by atoms with Crippen LogP contribution < -0.4 is 0 Å². The molecule has 1 atom stereocenters. The lowest BCUT2D eigenvalue weighted by Crippen LogP contribution is -2.05. The number of hydrogen-bond donors (Lipinski definition) is 1. The molecule has 0 fully saturated rings. The second-order valence-electron chi connectivity index (χ2n) is 3.55. The quantitative estimate of drug-likeness (QED) is 0.796. The topological polar surface area (TPSA) is 37.3 Å². The van der Waals surface area contributed by atoms with Gasteiger partial charge in [-0.05, 0) is 23.5 Å². The van der Waals surface area contributed by atoms with Crippen molar-refractivity contribution in [1.29, 1.82) is 0 Å². The zero-order chi connectivity index (χ0) is 10.6. The Balaban J connectivity index is 2.87. The minimum atomic E-state index is -0.733. The van der Waals surface area contributed by atoms with Crippen molar-refractivity contribution in [3.05, 3.63) is 35.4 Å². The summed E-state index contributed by atoms with van der Waals surface area (Å²) in [6.45, 7) is 4.05. The maximum atomic E-state index is 10.6. The molecular weight excluding hydrogens is 176 g/mol. The summed E-state index contributed by atoms with van der Waals surface area (Å²) in [7, 11) is 0. The number of carboxylic acid groups (broad SMARTS) is 1. The van der Waals surface area contributed by atoms with Crippen molar-refractivity contribution >= 4 is 5.97 Å². The van der Waals surface area contributed by atoms with Crippen LogP contribution in [0.15, 0.2) is 24.3 Å². The van der Waals surface area contributed by atoms with Crippen molar-refractivity contribution in [2.24, 2.45) is 0 Å². The van der Waals surface area contributed by atoms with E-state index in [9.17, 15) is 4.79 Å². The van der Waals surface area contributed by atoms with Gasteiger partial charge in [-0.1, -0.05) is 38.1 Å². The Kier molecular flexibility index (Phi) is 3.69. The van der Waals surface area contributed by atoms with Crippen molar-refractivity contribution < 1.29 is 9.90 Å². The Morgan fingerprint density at radius 1 is 1.43 bits per heavy atom. The fourth-order valence-electron chi connectivity index (χ4n) is 1.71. The van der Waals surface area contributed by atoms with Gasteiger partial charge in [0.25, 0.3) is 0 Å². The first kappa shape index (κ1) is 10.8. The van der Waals surface area contributed by atoms with Crippen molar-refractivity contribution in [2.45, 2.75) is 32.6 Å². The molecule has 0 heterocycles. The standard InChI is InChI=1S/C12H16O2/c1-3-10-6-4-5-7-11(10)9(2)8-12(13)14/h4-7,9H,3,8H2,1-2H3,(H,13,14). The molecule has 1 unspecified atom stereocenters. The lowest BCUT2D eigenvalue weighted by Gasteiger charge is -2.13. The van der Waals surface area contributed by atoms with Crippen molar-refractivity contribution in [2.75, 3.05) is 0 Å². The maximum Gasteiger partial charge on any atom is 0.303 e. The smallest absolute Gasteiger partial charge is 0.303 e. The summed E-state index contributed by atoms with van der Waals surface area (Å²) < 4.78 is 0. The van der Waals surface area contributed by atoms with E-state index in [1.165, 1.54) is 5.56 Å². The summed E-state index contributed by atoms with van der Waals surface area (Å²) in [6.07, 6.45) is 1.16. The SMILES string of the molecule is CCc1ccccc1C(C)CC(=O)O. The third kappa shape index (κ3) is 2.59. The number of carbonyl (C=O) groups is 1. The van der Waals surface area contributed by atoms with Gasteiger partial charge in [0.1, 0.15) is 0 Å². The summed E-state index contributed by atoms with van der Waals surface area (Å²) >= 11 is 0. The Morgan fingerprint density at radius 3 is 2.64 bits per heavy atom. The van der Waals surface area contributed by atoms with Gasteiger partial charge in [0.05, 0.1) is 6.42 Å². The third-order valence-electron chi connectivity index (χ3n) is 2.45. The van der Waals surface area contributed by atoms with E-state index in [-0.39, 0.29) is 12.3 Å². The van der Waals surface area contributed by atoms with Crippen LogP contribution in [-0.2, 0) is 11.2 Å². The average molecular weight is 192 g/mol. The molecule has 1 rings (SSSR count). The molecule has 0 aliphatic heterocycles. The first-order chi connectivity index (χ1) is 6.65. The maximum absolute atomic E-state index is 10.6. The molecule has 0 radical (unpaired) electrons. The van der Waals surface area contributed by atoms with Crippen LogP contribution in [0.3, 0.4) is 0 Å². The van der Waals surface area contributed by atoms with Gasteiger partial charge in [0.2, 0.25) is 0 Å². The monoisotopic (exact) mass is 192 g/mol. The highest BCUT2D eigenvalue weighted by Crippen LogP contribution is 2.23. The van der Waals surface area contributed by atoms with Crippen LogP contribution in [0.2, 0.25) is 0 Å². The van der Waals surface area contributed by atoms with Crippen LogP contribution in [0, 0.1) is 0 Å². The molecule has 1 N–H and O–H groups in total. The Bertz CT molecular complexity index is 318. The zero-order valence-electron chi connectivity index (χ0n) is 8.66. The summed E-state index contributed by atoms with van der Waals surface area (Å²) in [5.74, 6) is -0.632. The first-order valence-electron chi connectivity index (χ1n) is 4.94. The number of aryl methyl sites for hydroxylation is 1. The van der Waals surface area contributed by atoms with Crippen LogP contribution >= 0.6 is 0 Å². The van der Waals surface area contributed by atoms with Gasteiger partial charge in [0, 0.05) is 0 Å². The molecule has 1 aromatic carbocycles. The summed E-state index contributed by atoms with van der Waals surface area (Å²) in [6, 6.07) is 8.04. The number of hydrogen-bond acceptors (Lipinski definition) is 1. The minimum absolute atomic E-state index is 0.101. The van der Waals surface area contributed by atoms with Gasteiger partial charge in [0.15, 0.2) is 0 Å². The lowest BCUT2D eigenvalue weighted by molar-refractivity contribution is -0.137. The largest absolute Gasteiger partial charge is 0.481 e. The number of carboxylic acids is 1. The highest BCUT2D eigenvalue weighted by molar-refractivity contribution is 5.68. The molecule has 0 aliphatic carbocycles. The summed E-state index contributed by atoms with van der Waals surface area (Å²) in [5.41, 5.74) is 2.42. The average Bonchev–Trinajstić information content (AvgIpc) is 2.16. The first-order valence-corrected chi connectivity index (χ1v) is 4.94. The van der Waals surface area contributed by atoms with Crippen LogP contribution in [0.5, 0.6) is 0 Å². The normalized spacial score (nSPS) is 12.4. The van der Waals surface area contributed by atoms with Crippen molar-refractivity contribution in [3.8, 4) is 0 Å². The molecule has 0 saturated carbocycles. The predicted molar refractivity (Wildman–Crippen MR) is 56.5 cm³/mol. The molecule has 0 bridgehead atoms. The van der Waals surface area contributed by atoms with E-state index >= 15 is 0 Å². The minimum Gasteiger partial charge on any atom is -0.481 e. The summed E-state index contributed by atoms with van der Waals surface area (Å²) in [4.78, 5) is 10.6. The van der Waals surface area contributed by atoms with E-state index < -0.39 is 5.97 Å². The number of rotatable bonds is 4. The number of aliphatic carboxylic acids is 1. The molecule has 0 aromatic heterocycles. The Morgan fingerprint density at radius 2 is 2.07 bits per heavy atom. The molecule has 2 nitrogen and oxygen atoms in total. The molecule has 0 saturated heterocycles. The third-order valence-corrected chi connectivity index (χ3v) is 2.45. The van der Waals surface area contributed by atoms with Gasteiger partial charge < -0.3 is 5.11 Å².